The van der Waals surface area contributed by atoms with Gasteiger partial charge in [0.1, 0.15) is 26.2 Å². The zero-order valence-corrected chi connectivity index (χ0v) is 38.2. The quantitative estimate of drug-likeness (QED) is 0.0847. The van der Waals surface area contributed by atoms with Gasteiger partial charge in [0.05, 0.1) is 47.8 Å². The predicted octanol–water partition coefficient (Wildman–Crippen LogP) is -26.1. The average Bonchev–Trinajstić information content (AvgIpc) is 2.91. The summed E-state index contributed by atoms with van der Waals surface area (Å²) in [7, 11) is 0. The Morgan fingerprint density at radius 3 is 0.557 bits per heavy atom. The molecule has 1 saturated heterocycles. The molecule has 1 fully saturated rings. The summed E-state index contributed by atoms with van der Waals surface area (Å²) >= 11 is 0. The summed E-state index contributed by atoms with van der Waals surface area (Å²) < 4.78 is 0. The summed E-state index contributed by atoms with van der Waals surface area (Å²) in [6.07, 6.45) is -3.34. The minimum absolute atomic E-state index is 0. The molecule has 32 nitrogen and oxygen atoms in total. The van der Waals surface area contributed by atoms with E-state index in [4.69, 9.17) is 0 Å². The topological polar surface area (TPSA) is 662 Å². The Kier molecular flexibility index (Phi) is 85.0. The van der Waals surface area contributed by atoms with E-state index >= 15 is 0 Å². The van der Waals surface area contributed by atoms with E-state index in [-0.39, 0.29) is 118 Å². The fourth-order valence-corrected chi connectivity index (χ4v) is 4.23. The molecule has 1 aliphatic heterocycles. The molecule has 0 aromatic rings. The maximum absolute atomic E-state index is 11.7. The zero-order chi connectivity index (χ0) is 38.8. The normalized spacial score (nSPS) is 10.4. The molecule has 0 aromatic heterocycles. The van der Waals surface area contributed by atoms with Gasteiger partial charge in [-0.15, -0.1) is 12.2 Å². The minimum atomic E-state index is -1.67. The Morgan fingerprint density at radius 2 is 0.475 bits per heavy atom. The fourth-order valence-electron chi connectivity index (χ4n) is 4.23. The first kappa shape index (κ1) is 93.4. The van der Waals surface area contributed by atoms with Crippen LogP contribution in [0.3, 0.4) is 0 Å². The van der Waals surface area contributed by atoms with E-state index in [1.165, 1.54) is 26.2 Å². The number of hydrogen-bond acceptors (Lipinski definition) is 22. The number of quaternary nitrogens is 2. The van der Waals surface area contributed by atoms with Crippen molar-refractivity contribution in [2.24, 2.45) is 0 Å². The van der Waals surface area contributed by atoms with Crippen LogP contribution < -0.4 is 61.7 Å². The van der Waals surface area contributed by atoms with Gasteiger partial charge in [-0.25, -0.2) is 0 Å². The zero-order valence-electron chi connectivity index (χ0n) is 31.9. The molecule has 0 aromatic carbocycles. The van der Waals surface area contributed by atoms with Crippen LogP contribution in [0.1, 0.15) is 0 Å². The van der Waals surface area contributed by atoms with Gasteiger partial charge in [0.25, 0.3) is 0 Å². The molecule has 362 valence electrons. The smallest absolute Gasteiger partial charge is 2.00 e. The number of aliphatic carboxylic acids is 8. The molecule has 1 rings (SSSR count). The molecule has 0 aliphatic carbocycles. The third kappa shape index (κ3) is 66.8. The maximum Gasteiger partial charge on any atom is 4.00 e. The van der Waals surface area contributed by atoms with E-state index in [2.05, 4.69) is 10.6 Å². The summed E-state index contributed by atoms with van der Waals surface area (Å²) in [5.74, 6) is -12.9. The summed E-state index contributed by atoms with van der Waals surface area (Å²) in [6, 6.07) is 0. The summed E-state index contributed by atoms with van der Waals surface area (Å²) in [5, 5.41) is 112. The molecule has 0 bridgehead atoms. The number of piperazine rings is 1. The van der Waals surface area contributed by atoms with Crippen molar-refractivity contribution in [1.29, 1.82) is 0 Å². The maximum atomic E-state index is 11.7. The van der Waals surface area contributed by atoms with Gasteiger partial charge < -0.3 is 144 Å². The van der Waals surface area contributed by atoms with Crippen LogP contribution in [0.5, 0.6) is 0 Å². The Morgan fingerprint density at radius 1 is 0.361 bits per heavy atom. The molecule has 0 unspecified atom stereocenters. The van der Waals surface area contributed by atoms with Gasteiger partial charge in [0.2, 0.25) is 0 Å². The molecule has 0 saturated carbocycles. The second kappa shape index (κ2) is 55.5. The molecular formula is C26H52Fe2N6O26Th. The van der Waals surface area contributed by atoms with Crippen LogP contribution in [0.25, 0.3) is 0 Å². The Hall–Kier alpha value is -2.52. The monoisotopic (exact) mass is 1210 g/mol. The molecule has 35 heteroatoms. The molecule has 1 heterocycles. The number of nitrogens with zero attached hydrogens (tertiary/aromatic N) is 4. The van der Waals surface area contributed by atoms with Crippen molar-refractivity contribution in [3.8, 4) is 0 Å². The number of nitrogens with two attached hydrogens (primary N) is 2. The van der Waals surface area contributed by atoms with Crippen LogP contribution in [0.4, 0.5) is 0 Å². The molecular weight excluding hydrogens is 1160 g/mol. The third-order valence-electron chi connectivity index (χ3n) is 5.82. The second-order valence-electron chi connectivity index (χ2n) is 10.6. The van der Waals surface area contributed by atoms with Crippen molar-refractivity contribution in [2.75, 3.05) is 105 Å². The molecule has 18 N–H and O–H groups in total. The molecule has 0 atom stereocenters. The van der Waals surface area contributed by atoms with Gasteiger partial charge >= 0.3 is 74.1 Å². The van der Waals surface area contributed by atoms with Crippen molar-refractivity contribution >= 4 is 47.8 Å². The van der Waals surface area contributed by atoms with E-state index in [0.29, 0.717) is 0 Å². The number of carboxylic acid groups (broad SMARTS) is 8. The van der Waals surface area contributed by atoms with E-state index in [1.54, 1.807) is 0 Å². The first-order valence-electron chi connectivity index (χ1n) is 14.6. The first-order valence-corrected chi connectivity index (χ1v) is 14.6. The Labute approximate surface area is 399 Å². The number of carboxylic acids is 8. The fraction of sp³-hybridized carbons (Fsp3) is 0.692. The van der Waals surface area contributed by atoms with Gasteiger partial charge in [-0.05, 0) is 26.2 Å². The Balaban J connectivity index is -0.0000000518. The number of carbonyl (C=O) groups excluding carboxylic acids is 8. The van der Waals surface area contributed by atoms with Crippen LogP contribution in [-0.2, 0) is 78.0 Å². The molecule has 0 spiro atoms. The van der Waals surface area contributed by atoms with Crippen LogP contribution in [-0.4, -0.2) is 223 Å². The minimum Gasteiger partial charge on any atom is -2.00 e. The number of rotatable bonds is 24. The standard InChI is InChI=1S/2C11H17N2O9.C4H10N2.2Fe.7H2O.O.Th/c2*14-7(1-12(3-8(15)16)4-9(17)18)2-13(5-10(19)20)6-11(21)22;1-2-6-4-3-5-1;;;;;;;;;;;/h2*7H,1-6H2,(H,15,16)(H,17,18)(H,19,20)(H,21,22);5-6H,1-4H2;;;7*1H2;;/q2*-1;;2*+3;;;;;;;;-2;+4/p-6. The van der Waals surface area contributed by atoms with E-state index < -0.39 is 138 Å². The van der Waals surface area contributed by atoms with Crippen molar-refractivity contribution in [3.05, 3.63) is 0 Å². The van der Waals surface area contributed by atoms with Crippen LogP contribution >= 0.6 is 0 Å². The van der Waals surface area contributed by atoms with Crippen molar-refractivity contribution in [3.63, 3.8) is 0 Å². The van der Waals surface area contributed by atoms with Crippen molar-refractivity contribution in [1.82, 2.24) is 19.6 Å². The first-order chi connectivity index (χ1) is 23.2. The third-order valence-corrected chi connectivity index (χ3v) is 5.82. The second-order valence-corrected chi connectivity index (χ2v) is 10.6. The van der Waals surface area contributed by atoms with E-state index in [9.17, 15) is 89.4 Å². The van der Waals surface area contributed by atoms with Crippen LogP contribution in [0.2, 0.25) is 0 Å². The number of hydrogen-bond donors (Lipinski definition) is 2. The van der Waals surface area contributed by atoms with Crippen molar-refractivity contribution < 1.29 is 218 Å². The Bertz CT molecular complexity index is 908. The van der Waals surface area contributed by atoms with E-state index in [0.717, 1.165) is 19.6 Å². The van der Waals surface area contributed by atoms with Crippen LogP contribution in [0.15, 0.2) is 0 Å². The van der Waals surface area contributed by atoms with Gasteiger partial charge in [-0.3, -0.25) is 19.6 Å². The van der Waals surface area contributed by atoms with Gasteiger partial charge in [-0.2, -0.15) is 0 Å². The summed E-state index contributed by atoms with van der Waals surface area (Å²) in [6.45, 7) is -3.78. The molecule has 61 heavy (non-hydrogen) atoms. The predicted molar refractivity (Wildman–Crippen MR) is 163 cm³/mol. The molecule has 2 radical (unpaired) electrons. The SMILES string of the molecule is C1C[NH2+]CC[NH2+]1.O.O.O.O.O.O.O.O=C([O-])CN(CC(=O)[O-])CC([O-])CN(CC(=O)[O-])CC(=O)[O-].O=C([O-])CN(CC(=O)[O-])CC([O-])CN(CC(=O)[O-])CC(=O)[O-].[Fe+3].[Fe+3].[O-2].[Th+4]. The largest absolute Gasteiger partial charge is 4.00 e. The van der Waals surface area contributed by atoms with Crippen molar-refractivity contribution in [2.45, 2.75) is 12.2 Å². The van der Waals surface area contributed by atoms with Gasteiger partial charge in [0.15, 0.2) is 0 Å². The van der Waals surface area contributed by atoms with Gasteiger partial charge in [0, 0.05) is 52.4 Å². The summed E-state index contributed by atoms with van der Waals surface area (Å²) in [4.78, 5) is 86.4. The van der Waals surface area contributed by atoms with Gasteiger partial charge in [-0.1, -0.05) is 0 Å². The molecule has 1 aliphatic rings. The van der Waals surface area contributed by atoms with Crippen LogP contribution in [0, 0.1) is 39.9 Å². The molecule has 0 amide bonds. The number of carbonyl (C=O) groups is 8. The van der Waals surface area contributed by atoms with E-state index in [1.807, 2.05) is 0 Å². The summed E-state index contributed by atoms with van der Waals surface area (Å²) in [5.41, 5.74) is 0. The average molecular weight is 1210 g/mol.